The van der Waals surface area contributed by atoms with Crippen molar-refractivity contribution < 1.29 is 19.1 Å². The van der Waals surface area contributed by atoms with Crippen molar-refractivity contribution >= 4 is 34.8 Å². The van der Waals surface area contributed by atoms with Crippen molar-refractivity contribution in [2.75, 3.05) is 25.5 Å². The molecule has 0 saturated carbocycles. The summed E-state index contributed by atoms with van der Waals surface area (Å²) in [5.74, 6) is -1.27. The second-order valence-corrected chi connectivity index (χ2v) is 6.73. The average molecular weight is 374 g/mol. The molecular weight excluding hydrogens is 352 g/mol. The number of esters is 1. The van der Waals surface area contributed by atoms with E-state index in [1.807, 2.05) is 37.3 Å². The predicted octanol–water partition coefficient (Wildman–Crippen LogP) is 2.87. The smallest absolute Gasteiger partial charge is 0.349 e. The third-order valence-electron chi connectivity index (χ3n) is 3.85. The fourth-order valence-electron chi connectivity index (χ4n) is 2.33. The van der Waals surface area contributed by atoms with Gasteiger partial charge in [-0.1, -0.05) is 25.1 Å². The predicted molar refractivity (Wildman–Crippen MR) is 101 cm³/mol. The van der Waals surface area contributed by atoms with Gasteiger partial charge in [0.1, 0.15) is 4.88 Å². The highest BCUT2D eigenvalue weighted by Crippen LogP contribution is 2.17. The number of amides is 2. The van der Waals surface area contributed by atoms with Gasteiger partial charge in [-0.3, -0.25) is 9.59 Å². The summed E-state index contributed by atoms with van der Waals surface area (Å²) in [6, 6.07) is 9.33. The molecule has 2 amide bonds. The van der Waals surface area contributed by atoms with Gasteiger partial charge in [-0.2, -0.15) is 0 Å². The fourth-order valence-corrected chi connectivity index (χ4v) is 3.15. The number of hydrogen-bond acceptors (Lipinski definition) is 5. The number of carbonyl (C=O) groups is 3. The Hall–Kier alpha value is -2.67. The lowest BCUT2D eigenvalue weighted by atomic mass is 10.1. The van der Waals surface area contributed by atoms with Crippen LogP contribution in [0, 0.1) is 6.92 Å². The lowest BCUT2D eigenvalue weighted by molar-refractivity contribution is -0.136. The third kappa shape index (κ3) is 5.16. The molecule has 2 aromatic rings. The van der Waals surface area contributed by atoms with Crippen LogP contribution in [0.25, 0.3) is 0 Å². The first-order chi connectivity index (χ1) is 12.4. The van der Waals surface area contributed by atoms with Gasteiger partial charge in [-0.15, -0.1) is 11.3 Å². The number of thiophene rings is 1. The maximum Gasteiger partial charge on any atom is 0.349 e. The minimum Gasteiger partial charge on any atom is -0.451 e. The maximum atomic E-state index is 12.2. The van der Waals surface area contributed by atoms with E-state index in [0.29, 0.717) is 4.88 Å². The highest BCUT2D eigenvalue weighted by atomic mass is 32.1. The summed E-state index contributed by atoms with van der Waals surface area (Å²) in [5.41, 5.74) is 2.57. The van der Waals surface area contributed by atoms with Gasteiger partial charge < -0.3 is 15.0 Å². The molecule has 26 heavy (non-hydrogen) atoms. The van der Waals surface area contributed by atoms with Crippen LogP contribution in [0.2, 0.25) is 0 Å². The summed E-state index contributed by atoms with van der Waals surface area (Å²) in [6.07, 6.45) is 0.795. The molecule has 0 spiro atoms. The Bertz CT molecular complexity index is 800. The van der Waals surface area contributed by atoms with E-state index in [4.69, 9.17) is 4.74 Å². The number of aryl methyl sites for hydroxylation is 2. The fraction of sp³-hybridized carbons (Fsp3) is 0.316. The van der Waals surface area contributed by atoms with Crippen LogP contribution in [0.5, 0.6) is 0 Å². The summed E-state index contributed by atoms with van der Waals surface area (Å²) in [6.45, 7) is 3.29. The van der Waals surface area contributed by atoms with Crippen molar-refractivity contribution in [2.24, 2.45) is 0 Å². The zero-order chi connectivity index (χ0) is 19.1. The van der Waals surface area contributed by atoms with E-state index in [0.717, 1.165) is 23.2 Å². The first-order valence-electron chi connectivity index (χ1n) is 8.25. The van der Waals surface area contributed by atoms with Crippen molar-refractivity contribution in [1.29, 1.82) is 0 Å². The van der Waals surface area contributed by atoms with Crippen LogP contribution in [0.4, 0.5) is 5.69 Å². The van der Waals surface area contributed by atoms with Crippen LogP contribution >= 0.6 is 11.3 Å². The summed E-state index contributed by atoms with van der Waals surface area (Å²) in [4.78, 5) is 37.9. The Morgan fingerprint density at radius 3 is 2.58 bits per heavy atom. The standard InChI is InChI=1S/C19H22N2O4S/c1-4-14-7-5-6-8-15(14)20-16(22)11-21(3)17(23)12-25-19(24)18-13(2)9-10-26-18/h5-10H,4,11-12H2,1-3H3,(H,20,22). The lowest BCUT2D eigenvalue weighted by Gasteiger charge is -2.17. The van der Waals surface area contributed by atoms with Crippen LogP contribution in [-0.4, -0.2) is 42.9 Å². The molecule has 2 rings (SSSR count). The molecule has 6 nitrogen and oxygen atoms in total. The molecule has 0 bridgehead atoms. The maximum absolute atomic E-state index is 12.2. The van der Waals surface area contributed by atoms with Gasteiger partial charge in [-0.25, -0.2) is 4.79 Å². The van der Waals surface area contributed by atoms with Crippen LogP contribution in [0.15, 0.2) is 35.7 Å². The third-order valence-corrected chi connectivity index (χ3v) is 4.85. The van der Waals surface area contributed by atoms with Crippen molar-refractivity contribution in [3.63, 3.8) is 0 Å². The number of para-hydroxylation sites is 1. The molecule has 1 N–H and O–H groups in total. The molecule has 0 aliphatic heterocycles. The molecular formula is C19H22N2O4S. The number of carbonyl (C=O) groups excluding carboxylic acids is 3. The van der Waals surface area contributed by atoms with Crippen LogP contribution in [0.1, 0.15) is 27.7 Å². The van der Waals surface area contributed by atoms with Gasteiger partial charge in [0.2, 0.25) is 5.91 Å². The first kappa shape index (κ1) is 19.7. The van der Waals surface area contributed by atoms with E-state index in [1.54, 1.807) is 12.3 Å². The number of nitrogens with one attached hydrogen (secondary N) is 1. The molecule has 0 atom stereocenters. The van der Waals surface area contributed by atoms with Crippen molar-refractivity contribution in [2.45, 2.75) is 20.3 Å². The molecule has 1 heterocycles. The van der Waals surface area contributed by atoms with Gasteiger partial charge >= 0.3 is 5.97 Å². The van der Waals surface area contributed by atoms with E-state index in [1.165, 1.54) is 23.3 Å². The Labute approximate surface area is 156 Å². The van der Waals surface area contributed by atoms with Gasteiger partial charge in [0.25, 0.3) is 5.91 Å². The van der Waals surface area contributed by atoms with E-state index in [2.05, 4.69) is 5.32 Å². The highest BCUT2D eigenvalue weighted by Gasteiger charge is 2.18. The zero-order valence-electron chi connectivity index (χ0n) is 15.1. The summed E-state index contributed by atoms with van der Waals surface area (Å²) in [5, 5.41) is 4.59. The van der Waals surface area contributed by atoms with Crippen LogP contribution in [0.3, 0.4) is 0 Å². The summed E-state index contributed by atoms with van der Waals surface area (Å²) in [7, 11) is 1.50. The van der Waals surface area contributed by atoms with Crippen molar-refractivity contribution in [3.8, 4) is 0 Å². The van der Waals surface area contributed by atoms with E-state index in [9.17, 15) is 14.4 Å². The lowest BCUT2D eigenvalue weighted by Crippen LogP contribution is -2.37. The molecule has 1 aromatic carbocycles. The molecule has 0 unspecified atom stereocenters. The second kappa shape index (κ2) is 9.15. The number of rotatable bonds is 7. The Morgan fingerprint density at radius 2 is 1.92 bits per heavy atom. The summed E-state index contributed by atoms with van der Waals surface area (Å²) >= 11 is 1.27. The Morgan fingerprint density at radius 1 is 1.19 bits per heavy atom. The number of anilines is 1. The molecule has 0 aliphatic rings. The Kier molecular flexibility index (Phi) is 6.91. The van der Waals surface area contributed by atoms with Crippen LogP contribution < -0.4 is 5.32 Å². The molecule has 1 aromatic heterocycles. The monoisotopic (exact) mass is 374 g/mol. The minimum atomic E-state index is -0.527. The zero-order valence-corrected chi connectivity index (χ0v) is 15.9. The summed E-state index contributed by atoms with van der Waals surface area (Å²) < 4.78 is 5.04. The second-order valence-electron chi connectivity index (χ2n) is 5.82. The number of nitrogens with zero attached hydrogens (tertiary/aromatic N) is 1. The topological polar surface area (TPSA) is 75.7 Å². The minimum absolute atomic E-state index is 0.119. The average Bonchev–Trinajstić information content (AvgIpc) is 3.05. The van der Waals surface area contributed by atoms with Crippen molar-refractivity contribution in [1.82, 2.24) is 4.90 Å². The van der Waals surface area contributed by atoms with E-state index < -0.39 is 18.5 Å². The van der Waals surface area contributed by atoms with Gasteiger partial charge in [0, 0.05) is 12.7 Å². The molecule has 0 saturated heterocycles. The van der Waals surface area contributed by atoms with Crippen LogP contribution in [-0.2, 0) is 20.7 Å². The SMILES string of the molecule is CCc1ccccc1NC(=O)CN(C)C(=O)COC(=O)c1sccc1C. The van der Waals surface area contributed by atoms with E-state index in [-0.39, 0.29) is 12.5 Å². The quantitative estimate of drug-likeness (QED) is 0.756. The van der Waals surface area contributed by atoms with Gasteiger partial charge in [0.15, 0.2) is 6.61 Å². The van der Waals surface area contributed by atoms with E-state index >= 15 is 0 Å². The molecule has 7 heteroatoms. The molecule has 138 valence electrons. The Balaban J connectivity index is 1.83. The largest absolute Gasteiger partial charge is 0.451 e. The van der Waals surface area contributed by atoms with Gasteiger partial charge in [0.05, 0.1) is 6.54 Å². The first-order valence-corrected chi connectivity index (χ1v) is 9.13. The van der Waals surface area contributed by atoms with Crippen molar-refractivity contribution in [3.05, 3.63) is 51.7 Å². The number of likely N-dealkylation sites (N-methyl/N-ethyl adjacent to an activating group) is 1. The number of benzene rings is 1. The molecule has 0 aliphatic carbocycles. The molecule has 0 radical (unpaired) electrons. The number of hydrogen-bond donors (Lipinski definition) is 1. The number of ether oxygens (including phenoxy) is 1. The van der Waals surface area contributed by atoms with Gasteiger partial charge in [-0.05, 0) is 42.0 Å². The molecule has 0 fully saturated rings. The normalized spacial score (nSPS) is 10.3. The highest BCUT2D eigenvalue weighted by molar-refractivity contribution is 7.12.